The Hall–Kier alpha value is -2.59. The quantitative estimate of drug-likeness (QED) is 0.920. The van der Waals surface area contributed by atoms with E-state index in [4.69, 9.17) is 16.9 Å². The van der Waals surface area contributed by atoms with Gasteiger partial charge in [-0.15, -0.1) is 0 Å². The van der Waals surface area contributed by atoms with Crippen molar-refractivity contribution in [2.45, 2.75) is 18.9 Å². The summed E-state index contributed by atoms with van der Waals surface area (Å²) in [6.07, 6.45) is 5.33. The highest BCUT2D eigenvalue weighted by atomic mass is 35.5. The lowest BCUT2D eigenvalue weighted by Crippen LogP contribution is -2.37. The Kier molecular flexibility index (Phi) is 4.67. The van der Waals surface area contributed by atoms with E-state index in [1.54, 1.807) is 25.4 Å². The third kappa shape index (κ3) is 3.05. The van der Waals surface area contributed by atoms with Crippen LogP contribution in [0.4, 0.5) is 5.82 Å². The number of nitrogens with one attached hydrogen (secondary N) is 1. The van der Waals surface area contributed by atoms with Crippen molar-refractivity contribution in [3.8, 4) is 6.07 Å². The molecular weight excluding hydrogens is 328 g/mol. The molecule has 2 aromatic rings. The number of carbonyl (C=O) groups is 1. The number of nitrogens with zero attached hydrogens (tertiary/aromatic N) is 5. The van der Waals surface area contributed by atoms with E-state index in [-0.39, 0.29) is 11.9 Å². The predicted molar refractivity (Wildman–Crippen MR) is 90.1 cm³/mol. The minimum absolute atomic E-state index is 0.126. The molecule has 1 saturated heterocycles. The first-order valence-electron chi connectivity index (χ1n) is 7.71. The van der Waals surface area contributed by atoms with Crippen LogP contribution in [0.2, 0.25) is 5.02 Å². The van der Waals surface area contributed by atoms with Gasteiger partial charge < -0.3 is 10.2 Å². The first-order chi connectivity index (χ1) is 11.6. The van der Waals surface area contributed by atoms with Gasteiger partial charge in [0.25, 0.3) is 5.91 Å². The molecule has 2 aromatic heterocycles. The second kappa shape index (κ2) is 6.89. The number of pyridine rings is 1. The molecule has 0 saturated carbocycles. The molecule has 0 aliphatic carbocycles. The van der Waals surface area contributed by atoms with E-state index < -0.39 is 0 Å². The van der Waals surface area contributed by atoms with Crippen molar-refractivity contribution >= 4 is 23.3 Å². The van der Waals surface area contributed by atoms with E-state index in [0.29, 0.717) is 28.6 Å². The number of aromatic nitrogens is 3. The highest BCUT2D eigenvalue weighted by molar-refractivity contribution is 6.34. The van der Waals surface area contributed by atoms with Crippen LogP contribution in [-0.4, -0.2) is 40.8 Å². The zero-order valence-corrected chi connectivity index (χ0v) is 14.0. The lowest BCUT2D eigenvalue weighted by atomic mass is 10.1. The van der Waals surface area contributed by atoms with Gasteiger partial charge in [0.15, 0.2) is 0 Å². The van der Waals surface area contributed by atoms with E-state index in [9.17, 15) is 4.79 Å². The van der Waals surface area contributed by atoms with Gasteiger partial charge >= 0.3 is 0 Å². The average Bonchev–Trinajstić information content (AvgIpc) is 3.11. The summed E-state index contributed by atoms with van der Waals surface area (Å²) in [5.41, 5.74) is 0.821. The number of carbonyl (C=O) groups excluding carboxylic acids is 1. The molecule has 1 N–H and O–H groups in total. The molecule has 7 nitrogen and oxygen atoms in total. The van der Waals surface area contributed by atoms with Gasteiger partial charge in [-0.05, 0) is 25.0 Å². The third-order valence-corrected chi connectivity index (χ3v) is 4.50. The highest BCUT2D eigenvalue weighted by Crippen LogP contribution is 2.31. The normalized spacial score (nSPS) is 17.4. The van der Waals surface area contributed by atoms with Gasteiger partial charge in [0.05, 0.1) is 11.6 Å². The number of halogens is 1. The molecule has 1 unspecified atom stereocenters. The molecule has 1 fully saturated rings. The number of anilines is 1. The summed E-state index contributed by atoms with van der Waals surface area (Å²) in [5, 5.41) is 16.4. The minimum Gasteiger partial charge on any atom is -0.354 e. The summed E-state index contributed by atoms with van der Waals surface area (Å²) in [6.45, 7) is 1.50. The second-order valence-electron chi connectivity index (χ2n) is 5.61. The summed E-state index contributed by atoms with van der Waals surface area (Å²) in [7, 11) is 1.58. The molecular formula is C16H17ClN6O. The maximum Gasteiger partial charge on any atom is 0.271 e. The number of nitriles is 1. The zero-order chi connectivity index (χ0) is 17.1. The van der Waals surface area contributed by atoms with Crippen LogP contribution >= 0.6 is 11.6 Å². The number of amides is 1. The lowest BCUT2D eigenvalue weighted by molar-refractivity contribution is 0.0957. The van der Waals surface area contributed by atoms with E-state index in [2.05, 4.69) is 26.4 Å². The Balaban J connectivity index is 1.81. The molecule has 8 heteroatoms. The van der Waals surface area contributed by atoms with E-state index in [1.165, 1.54) is 0 Å². The molecule has 24 heavy (non-hydrogen) atoms. The maximum absolute atomic E-state index is 11.7. The van der Waals surface area contributed by atoms with E-state index >= 15 is 0 Å². The summed E-state index contributed by atoms with van der Waals surface area (Å²) >= 11 is 6.30. The molecule has 124 valence electrons. The van der Waals surface area contributed by atoms with Gasteiger partial charge in [0.1, 0.15) is 22.6 Å². The van der Waals surface area contributed by atoms with Crippen molar-refractivity contribution in [2.24, 2.45) is 0 Å². The molecule has 0 spiro atoms. The van der Waals surface area contributed by atoms with Crippen LogP contribution < -0.4 is 10.2 Å². The second-order valence-corrected chi connectivity index (χ2v) is 5.99. The average molecular weight is 345 g/mol. The number of hydrogen-bond donors (Lipinski definition) is 1. The van der Waals surface area contributed by atoms with Gasteiger partial charge in [0, 0.05) is 32.5 Å². The topological polar surface area (TPSA) is 86.8 Å². The third-order valence-electron chi connectivity index (χ3n) is 4.13. The smallest absolute Gasteiger partial charge is 0.271 e. The van der Waals surface area contributed by atoms with Crippen LogP contribution in [0.1, 0.15) is 34.9 Å². The standard InChI is InChI=1S/C16H17ClN6O/c1-19-16(24)13-5-8-23(21-13)12-3-2-7-22(10-12)15-14(17)11(9-18)4-6-20-15/h4-6,8,12H,2-3,7,10H2,1H3,(H,19,24). The largest absolute Gasteiger partial charge is 0.354 e. The zero-order valence-electron chi connectivity index (χ0n) is 13.2. The Bertz CT molecular complexity index is 796. The predicted octanol–water partition coefficient (Wildman–Crippen LogP) is 2.00. The van der Waals surface area contributed by atoms with E-state index in [1.807, 2.05) is 10.9 Å². The molecule has 3 heterocycles. The monoisotopic (exact) mass is 344 g/mol. The first kappa shape index (κ1) is 16.3. The van der Waals surface area contributed by atoms with Crippen LogP contribution in [-0.2, 0) is 0 Å². The van der Waals surface area contributed by atoms with Crippen LogP contribution in [0, 0.1) is 11.3 Å². The van der Waals surface area contributed by atoms with Crippen molar-refractivity contribution in [1.29, 1.82) is 5.26 Å². The summed E-state index contributed by atoms with van der Waals surface area (Å²) in [4.78, 5) is 18.1. The molecule has 1 atom stereocenters. The Morgan fingerprint density at radius 2 is 2.33 bits per heavy atom. The van der Waals surface area contributed by atoms with Gasteiger partial charge in [-0.1, -0.05) is 11.6 Å². The van der Waals surface area contributed by atoms with Crippen molar-refractivity contribution in [2.75, 3.05) is 25.0 Å². The fourth-order valence-corrected chi connectivity index (χ4v) is 3.17. The van der Waals surface area contributed by atoms with Crippen LogP contribution in [0.3, 0.4) is 0 Å². The Labute approximate surface area is 144 Å². The van der Waals surface area contributed by atoms with Gasteiger partial charge in [-0.3, -0.25) is 9.48 Å². The number of hydrogen-bond acceptors (Lipinski definition) is 5. The van der Waals surface area contributed by atoms with Crippen LogP contribution in [0.5, 0.6) is 0 Å². The first-order valence-corrected chi connectivity index (χ1v) is 8.08. The van der Waals surface area contributed by atoms with Gasteiger partial charge in [0.2, 0.25) is 0 Å². The lowest BCUT2D eigenvalue weighted by Gasteiger charge is -2.34. The highest BCUT2D eigenvalue weighted by Gasteiger charge is 2.25. The molecule has 0 bridgehead atoms. The molecule has 1 aliphatic rings. The Morgan fingerprint density at radius 1 is 1.50 bits per heavy atom. The molecule has 1 amide bonds. The fourth-order valence-electron chi connectivity index (χ4n) is 2.89. The van der Waals surface area contributed by atoms with Crippen molar-refractivity contribution < 1.29 is 4.79 Å². The number of rotatable bonds is 3. The summed E-state index contributed by atoms with van der Waals surface area (Å²) in [5.74, 6) is 0.423. The summed E-state index contributed by atoms with van der Waals surface area (Å²) in [6, 6.07) is 5.52. The number of piperidine rings is 1. The van der Waals surface area contributed by atoms with E-state index in [0.717, 1.165) is 19.4 Å². The summed E-state index contributed by atoms with van der Waals surface area (Å²) < 4.78 is 1.82. The Morgan fingerprint density at radius 3 is 3.08 bits per heavy atom. The van der Waals surface area contributed by atoms with Crippen molar-refractivity contribution in [1.82, 2.24) is 20.1 Å². The maximum atomic E-state index is 11.7. The molecule has 1 aliphatic heterocycles. The van der Waals surface area contributed by atoms with Gasteiger partial charge in [-0.25, -0.2) is 4.98 Å². The molecule has 3 rings (SSSR count). The molecule has 0 aromatic carbocycles. The molecule has 0 radical (unpaired) electrons. The SMILES string of the molecule is CNC(=O)c1ccn(C2CCCN(c3nccc(C#N)c3Cl)C2)n1. The van der Waals surface area contributed by atoms with Crippen molar-refractivity contribution in [3.05, 3.63) is 40.8 Å². The van der Waals surface area contributed by atoms with Crippen LogP contribution in [0.15, 0.2) is 24.5 Å². The minimum atomic E-state index is -0.201. The van der Waals surface area contributed by atoms with Crippen molar-refractivity contribution in [3.63, 3.8) is 0 Å². The van der Waals surface area contributed by atoms with Gasteiger partial charge in [-0.2, -0.15) is 10.4 Å². The van der Waals surface area contributed by atoms with Crippen LogP contribution in [0.25, 0.3) is 0 Å². The fraction of sp³-hybridized carbons (Fsp3) is 0.375.